The Balaban J connectivity index is 2.32. The van der Waals surface area contributed by atoms with Crippen LogP contribution >= 0.6 is 0 Å². The van der Waals surface area contributed by atoms with Gasteiger partial charge in [0.2, 0.25) is 0 Å². The molecule has 3 heteroatoms. The van der Waals surface area contributed by atoms with Gasteiger partial charge in [0, 0.05) is 18.0 Å². The van der Waals surface area contributed by atoms with Crippen molar-refractivity contribution < 1.29 is 9.13 Å². The molecule has 0 saturated heterocycles. The first-order valence-electron chi connectivity index (χ1n) is 4.38. The molecule has 2 rings (SSSR count). The normalized spacial score (nSPS) is 19.7. The molecule has 0 bridgehead atoms. The number of halogens is 1. The van der Waals surface area contributed by atoms with Gasteiger partial charge in [0.15, 0.2) is 11.6 Å². The van der Waals surface area contributed by atoms with Crippen LogP contribution in [0.1, 0.15) is 11.5 Å². The molecule has 1 aromatic carbocycles. The molecular weight excluding hydrogens is 169 g/mol. The van der Waals surface area contributed by atoms with Crippen molar-refractivity contribution in [2.75, 3.05) is 20.2 Å². The third kappa shape index (κ3) is 1.40. The average molecular weight is 181 g/mol. The molecule has 70 valence electrons. The van der Waals surface area contributed by atoms with Gasteiger partial charge < -0.3 is 10.1 Å². The first-order valence-corrected chi connectivity index (χ1v) is 4.38. The molecule has 1 atom stereocenters. The maximum absolute atomic E-state index is 13.2. The highest BCUT2D eigenvalue weighted by atomic mass is 19.1. The number of hydrogen-bond acceptors (Lipinski definition) is 2. The molecule has 0 amide bonds. The van der Waals surface area contributed by atoms with Crippen LogP contribution in [0.2, 0.25) is 0 Å². The van der Waals surface area contributed by atoms with Gasteiger partial charge in [0.25, 0.3) is 0 Å². The molecule has 1 aromatic rings. The largest absolute Gasteiger partial charge is 0.490 e. The molecule has 0 spiro atoms. The van der Waals surface area contributed by atoms with Crippen molar-refractivity contribution in [3.8, 4) is 5.75 Å². The Morgan fingerprint density at radius 1 is 1.62 bits per heavy atom. The first kappa shape index (κ1) is 8.51. The summed E-state index contributed by atoms with van der Waals surface area (Å²) in [5.41, 5.74) is 0.981. The SMILES string of the molecule is CNCC1COc2c(F)cccc21. The van der Waals surface area contributed by atoms with Crippen LogP contribution in [0.15, 0.2) is 18.2 Å². The van der Waals surface area contributed by atoms with Crippen molar-refractivity contribution >= 4 is 0 Å². The Labute approximate surface area is 76.7 Å². The van der Waals surface area contributed by atoms with E-state index in [1.807, 2.05) is 13.1 Å². The minimum atomic E-state index is -0.254. The predicted octanol–water partition coefficient (Wildman–Crippen LogP) is 1.52. The second-order valence-electron chi connectivity index (χ2n) is 3.22. The Hall–Kier alpha value is -1.09. The van der Waals surface area contributed by atoms with Gasteiger partial charge in [0.05, 0.1) is 6.61 Å². The van der Waals surface area contributed by atoms with E-state index in [9.17, 15) is 4.39 Å². The van der Waals surface area contributed by atoms with Gasteiger partial charge in [-0.2, -0.15) is 0 Å². The average Bonchev–Trinajstić information content (AvgIpc) is 2.51. The van der Waals surface area contributed by atoms with E-state index in [0.717, 1.165) is 12.1 Å². The van der Waals surface area contributed by atoms with E-state index < -0.39 is 0 Å². The molecule has 0 fully saturated rings. The smallest absolute Gasteiger partial charge is 0.165 e. The summed E-state index contributed by atoms with van der Waals surface area (Å²) in [6.45, 7) is 1.41. The second kappa shape index (κ2) is 3.34. The zero-order chi connectivity index (χ0) is 9.26. The van der Waals surface area contributed by atoms with Crippen molar-refractivity contribution in [1.29, 1.82) is 0 Å². The minimum Gasteiger partial charge on any atom is -0.490 e. The van der Waals surface area contributed by atoms with Gasteiger partial charge in [-0.25, -0.2) is 4.39 Å². The van der Waals surface area contributed by atoms with Crippen molar-refractivity contribution in [3.63, 3.8) is 0 Å². The maximum atomic E-state index is 13.2. The molecule has 0 aromatic heterocycles. The molecule has 1 aliphatic heterocycles. The number of likely N-dealkylation sites (N-methyl/N-ethyl adjacent to an activating group) is 1. The number of fused-ring (bicyclic) bond motifs is 1. The summed E-state index contributed by atoms with van der Waals surface area (Å²) in [5.74, 6) is 0.467. The van der Waals surface area contributed by atoms with Crippen LogP contribution in [-0.4, -0.2) is 20.2 Å². The van der Waals surface area contributed by atoms with E-state index in [-0.39, 0.29) is 11.7 Å². The van der Waals surface area contributed by atoms with Crippen LogP contribution in [0.3, 0.4) is 0 Å². The number of hydrogen-bond donors (Lipinski definition) is 1. The van der Waals surface area contributed by atoms with Crippen LogP contribution in [0.25, 0.3) is 0 Å². The molecule has 0 saturated carbocycles. The van der Waals surface area contributed by atoms with Crippen molar-refractivity contribution in [2.24, 2.45) is 0 Å². The summed E-state index contributed by atoms with van der Waals surface area (Å²) in [6, 6.07) is 5.08. The molecule has 1 aliphatic rings. The second-order valence-corrected chi connectivity index (χ2v) is 3.22. The van der Waals surface area contributed by atoms with E-state index in [4.69, 9.17) is 4.74 Å². The van der Waals surface area contributed by atoms with Gasteiger partial charge >= 0.3 is 0 Å². The van der Waals surface area contributed by atoms with Crippen LogP contribution in [0.4, 0.5) is 4.39 Å². The van der Waals surface area contributed by atoms with E-state index in [0.29, 0.717) is 12.4 Å². The van der Waals surface area contributed by atoms with E-state index in [1.165, 1.54) is 6.07 Å². The van der Waals surface area contributed by atoms with Gasteiger partial charge in [-0.05, 0) is 13.1 Å². The molecule has 1 heterocycles. The summed E-state index contributed by atoms with van der Waals surface area (Å²) in [7, 11) is 1.89. The zero-order valence-electron chi connectivity index (χ0n) is 7.51. The fraction of sp³-hybridized carbons (Fsp3) is 0.400. The molecule has 13 heavy (non-hydrogen) atoms. The number of benzene rings is 1. The minimum absolute atomic E-state index is 0.254. The van der Waals surface area contributed by atoms with Gasteiger partial charge in [-0.1, -0.05) is 12.1 Å². The molecule has 0 aliphatic carbocycles. The van der Waals surface area contributed by atoms with Crippen molar-refractivity contribution in [1.82, 2.24) is 5.32 Å². The molecule has 0 radical (unpaired) electrons. The van der Waals surface area contributed by atoms with Crippen LogP contribution in [0, 0.1) is 5.82 Å². The fourth-order valence-electron chi connectivity index (χ4n) is 1.69. The Morgan fingerprint density at radius 3 is 3.23 bits per heavy atom. The van der Waals surface area contributed by atoms with Crippen molar-refractivity contribution in [3.05, 3.63) is 29.6 Å². The Bertz CT molecular complexity index is 314. The molecule has 1 unspecified atom stereocenters. The summed E-state index contributed by atoms with van der Waals surface area (Å²) >= 11 is 0. The van der Waals surface area contributed by atoms with Gasteiger partial charge in [0.1, 0.15) is 0 Å². The van der Waals surface area contributed by atoms with Crippen LogP contribution in [-0.2, 0) is 0 Å². The molecular formula is C10H12FNO. The van der Waals surface area contributed by atoms with E-state index in [2.05, 4.69) is 5.32 Å². The lowest BCUT2D eigenvalue weighted by Gasteiger charge is -2.06. The topological polar surface area (TPSA) is 21.3 Å². The highest BCUT2D eigenvalue weighted by Gasteiger charge is 2.25. The maximum Gasteiger partial charge on any atom is 0.165 e. The number of ether oxygens (including phenoxy) is 1. The Kier molecular flexibility index (Phi) is 2.19. The zero-order valence-corrected chi connectivity index (χ0v) is 7.51. The van der Waals surface area contributed by atoms with Gasteiger partial charge in [-0.3, -0.25) is 0 Å². The van der Waals surface area contributed by atoms with Crippen LogP contribution < -0.4 is 10.1 Å². The quantitative estimate of drug-likeness (QED) is 0.747. The summed E-state index contributed by atoms with van der Waals surface area (Å²) in [4.78, 5) is 0. The lowest BCUT2D eigenvalue weighted by atomic mass is 10.0. The lowest BCUT2D eigenvalue weighted by molar-refractivity contribution is 0.315. The van der Waals surface area contributed by atoms with Crippen molar-refractivity contribution in [2.45, 2.75) is 5.92 Å². The Morgan fingerprint density at radius 2 is 2.46 bits per heavy atom. The summed E-state index contributed by atoms with van der Waals surface area (Å²) in [6.07, 6.45) is 0. The van der Waals surface area contributed by atoms with Crippen LogP contribution in [0.5, 0.6) is 5.75 Å². The summed E-state index contributed by atoms with van der Waals surface area (Å²) < 4.78 is 18.4. The monoisotopic (exact) mass is 181 g/mol. The third-order valence-electron chi connectivity index (χ3n) is 2.32. The first-order chi connectivity index (χ1) is 6.33. The lowest BCUT2D eigenvalue weighted by Crippen LogP contribution is -2.17. The number of nitrogens with one attached hydrogen (secondary N) is 1. The third-order valence-corrected chi connectivity index (χ3v) is 2.32. The standard InChI is InChI=1S/C10H12FNO/c1-12-5-7-6-13-10-8(7)3-2-4-9(10)11/h2-4,7,12H,5-6H2,1H3. The summed E-state index contributed by atoms with van der Waals surface area (Å²) in [5, 5.41) is 3.07. The number of rotatable bonds is 2. The van der Waals surface area contributed by atoms with Gasteiger partial charge in [-0.15, -0.1) is 0 Å². The van der Waals surface area contributed by atoms with E-state index >= 15 is 0 Å². The highest BCUT2D eigenvalue weighted by Crippen LogP contribution is 2.35. The molecule has 1 N–H and O–H groups in total. The molecule has 2 nitrogen and oxygen atoms in total. The fourth-order valence-corrected chi connectivity index (χ4v) is 1.69. The highest BCUT2D eigenvalue weighted by molar-refractivity contribution is 5.41. The van der Waals surface area contributed by atoms with E-state index in [1.54, 1.807) is 6.07 Å². The predicted molar refractivity (Wildman–Crippen MR) is 48.6 cm³/mol. The number of para-hydroxylation sites is 1.